The molecule has 3 aromatic rings. The Morgan fingerprint density at radius 3 is 2.95 bits per heavy atom. The molecule has 0 saturated heterocycles. The molecule has 0 fully saturated rings. The van der Waals surface area contributed by atoms with E-state index in [0.29, 0.717) is 6.42 Å². The van der Waals surface area contributed by atoms with Crippen LogP contribution in [0.4, 0.5) is 0 Å². The lowest BCUT2D eigenvalue weighted by Crippen LogP contribution is -1.93. The standard InChI is InChI=1S/C15H15N3O/c1-11-6-7-15-16-14(17-18(15)10-11)9-12-4-3-5-13(8-12)19-2/h3-8,10H,9H2,1-2H3. The maximum absolute atomic E-state index is 5.22. The average Bonchev–Trinajstić information content (AvgIpc) is 2.80. The summed E-state index contributed by atoms with van der Waals surface area (Å²) in [6.45, 7) is 2.04. The SMILES string of the molecule is COc1cccc(Cc2nc3ccc(C)cn3n2)c1. The summed E-state index contributed by atoms with van der Waals surface area (Å²) in [4.78, 5) is 4.52. The molecular formula is C15H15N3O. The Bertz CT molecular complexity index is 718. The van der Waals surface area contributed by atoms with E-state index in [-0.39, 0.29) is 0 Å². The summed E-state index contributed by atoms with van der Waals surface area (Å²) in [6, 6.07) is 12.0. The minimum atomic E-state index is 0.706. The molecule has 0 atom stereocenters. The van der Waals surface area contributed by atoms with Crippen molar-refractivity contribution in [3.8, 4) is 5.75 Å². The smallest absolute Gasteiger partial charge is 0.156 e. The third kappa shape index (κ3) is 2.42. The second-order valence-electron chi connectivity index (χ2n) is 4.57. The zero-order valence-corrected chi connectivity index (χ0v) is 11.0. The van der Waals surface area contributed by atoms with Crippen LogP contribution in [-0.4, -0.2) is 21.7 Å². The van der Waals surface area contributed by atoms with Crippen LogP contribution in [0.25, 0.3) is 5.65 Å². The molecule has 4 nitrogen and oxygen atoms in total. The van der Waals surface area contributed by atoms with Crippen molar-refractivity contribution in [2.45, 2.75) is 13.3 Å². The maximum Gasteiger partial charge on any atom is 0.156 e. The second-order valence-corrected chi connectivity index (χ2v) is 4.57. The lowest BCUT2D eigenvalue weighted by atomic mass is 10.1. The van der Waals surface area contributed by atoms with E-state index in [1.807, 2.05) is 48.0 Å². The van der Waals surface area contributed by atoms with Crippen LogP contribution in [0.2, 0.25) is 0 Å². The first-order valence-electron chi connectivity index (χ1n) is 6.19. The molecule has 19 heavy (non-hydrogen) atoms. The third-order valence-electron chi connectivity index (χ3n) is 3.02. The van der Waals surface area contributed by atoms with Crippen LogP contribution >= 0.6 is 0 Å². The highest BCUT2D eigenvalue weighted by molar-refractivity contribution is 5.39. The van der Waals surface area contributed by atoms with Crippen LogP contribution in [0.5, 0.6) is 5.75 Å². The minimum Gasteiger partial charge on any atom is -0.497 e. The molecule has 0 radical (unpaired) electrons. The maximum atomic E-state index is 5.22. The molecule has 0 amide bonds. The molecule has 0 aliphatic rings. The van der Waals surface area contributed by atoms with E-state index in [1.54, 1.807) is 7.11 Å². The molecule has 96 valence electrons. The Balaban J connectivity index is 1.92. The van der Waals surface area contributed by atoms with E-state index in [2.05, 4.69) is 16.1 Å². The summed E-state index contributed by atoms with van der Waals surface area (Å²) < 4.78 is 7.05. The molecule has 0 N–H and O–H groups in total. The van der Waals surface area contributed by atoms with E-state index < -0.39 is 0 Å². The number of hydrogen-bond donors (Lipinski definition) is 0. The Morgan fingerprint density at radius 1 is 1.21 bits per heavy atom. The van der Waals surface area contributed by atoms with Gasteiger partial charge < -0.3 is 4.74 Å². The first-order chi connectivity index (χ1) is 9.24. The van der Waals surface area contributed by atoms with Crippen LogP contribution in [-0.2, 0) is 6.42 Å². The normalized spacial score (nSPS) is 10.8. The number of methoxy groups -OCH3 is 1. The molecule has 0 saturated carbocycles. The molecule has 0 spiro atoms. The zero-order valence-electron chi connectivity index (χ0n) is 11.0. The number of aromatic nitrogens is 3. The van der Waals surface area contributed by atoms with Crippen molar-refractivity contribution in [3.05, 3.63) is 59.5 Å². The van der Waals surface area contributed by atoms with Gasteiger partial charge in [0.2, 0.25) is 0 Å². The zero-order chi connectivity index (χ0) is 13.2. The molecule has 2 aromatic heterocycles. The highest BCUT2D eigenvalue weighted by atomic mass is 16.5. The summed E-state index contributed by atoms with van der Waals surface area (Å²) in [6.07, 6.45) is 2.69. The first-order valence-corrected chi connectivity index (χ1v) is 6.19. The number of rotatable bonds is 3. The molecule has 4 heteroatoms. The van der Waals surface area contributed by atoms with Gasteiger partial charge in [0.1, 0.15) is 5.75 Å². The van der Waals surface area contributed by atoms with Gasteiger partial charge >= 0.3 is 0 Å². The first kappa shape index (κ1) is 11.7. The summed E-state index contributed by atoms with van der Waals surface area (Å²) in [5, 5.41) is 4.49. The predicted molar refractivity (Wildman–Crippen MR) is 73.5 cm³/mol. The Kier molecular flexibility index (Phi) is 2.91. The monoisotopic (exact) mass is 253 g/mol. The fraction of sp³-hybridized carbons (Fsp3) is 0.200. The predicted octanol–water partition coefficient (Wildman–Crippen LogP) is 2.64. The Morgan fingerprint density at radius 2 is 2.11 bits per heavy atom. The van der Waals surface area contributed by atoms with E-state index in [4.69, 9.17) is 4.74 Å². The number of hydrogen-bond acceptors (Lipinski definition) is 3. The van der Waals surface area contributed by atoms with Gasteiger partial charge in [0, 0.05) is 12.6 Å². The largest absolute Gasteiger partial charge is 0.497 e. The minimum absolute atomic E-state index is 0.706. The van der Waals surface area contributed by atoms with Gasteiger partial charge in [-0.15, -0.1) is 0 Å². The molecule has 0 bridgehead atoms. The van der Waals surface area contributed by atoms with Crippen molar-refractivity contribution in [1.29, 1.82) is 0 Å². The fourth-order valence-corrected chi connectivity index (χ4v) is 2.07. The molecular weight excluding hydrogens is 238 g/mol. The number of benzene rings is 1. The highest BCUT2D eigenvalue weighted by Gasteiger charge is 2.05. The van der Waals surface area contributed by atoms with Gasteiger partial charge in [-0.05, 0) is 36.2 Å². The van der Waals surface area contributed by atoms with E-state index in [9.17, 15) is 0 Å². The van der Waals surface area contributed by atoms with Crippen molar-refractivity contribution in [2.75, 3.05) is 7.11 Å². The number of ether oxygens (including phenoxy) is 1. The highest BCUT2D eigenvalue weighted by Crippen LogP contribution is 2.15. The summed E-state index contributed by atoms with van der Waals surface area (Å²) in [5.74, 6) is 1.68. The van der Waals surface area contributed by atoms with E-state index in [0.717, 1.165) is 22.8 Å². The van der Waals surface area contributed by atoms with Crippen LogP contribution < -0.4 is 4.74 Å². The van der Waals surface area contributed by atoms with E-state index >= 15 is 0 Å². The molecule has 0 aliphatic carbocycles. The van der Waals surface area contributed by atoms with E-state index in [1.165, 1.54) is 5.56 Å². The van der Waals surface area contributed by atoms with Gasteiger partial charge in [-0.25, -0.2) is 9.50 Å². The van der Waals surface area contributed by atoms with Gasteiger partial charge in [0.25, 0.3) is 0 Å². The van der Waals surface area contributed by atoms with Gasteiger partial charge in [0.15, 0.2) is 11.5 Å². The van der Waals surface area contributed by atoms with Gasteiger partial charge in [0.05, 0.1) is 7.11 Å². The van der Waals surface area contributed by atoms with Crippen LogP contribution in [0.3, 0.4) is 0 Å². The summed E-state index contributed by atoms with van der Waals surface area (Å²) in [5.41, 5.74) is 3.20. The average molecular weight is 253 g/mol. The van der Waals surface area contributed by atoms with Crippen molar-refractivity contribution < 1.29 is 4.74 Å². The summed E-state index contributed by atoms with van der Waals surface area (Å²) in [7, 11) is 1.67. The molecule has 3 rings (SSSR count). The quantitative estimate of drug-likeness (QED) is 0.720. The van der Waals surface area contributed by atoms with Crippen LogP contribution in [0.15, 0.2) is 42.6 Å². The van der Waals surface area contributed by atoms with Crippen molar-refractivity contribution in [1.82, 2.24) is 14.6 Å². The lowest BCUT2D eigenvalue weighted by molar-refractivity contribution is 0.414. The van der Waals surface area contributed by atoms with Crippen molar-refractivity contribution >= 4 is 5.65 Å². The number of nitrogens with zero attached hydrogens (tertiary/aromatic N) is 3. The third-order valence-corrected chi connectivity index (χ3v) is 3.02. The topological polar surface area (TPSA) is 39.4 Å². The molecule has 0 aliphatic heterocycles. The summed E-state index contributed by atoms with van der Waals surface area (Å²) >= 11 is 0. The van der Waals surface area contributed by atoms with Crippen molar-refractivity contribution in [2.24, 2.45) is 0 Å². The Hall–Kier alpha value is -2.36. The molecule has 0 unspecified atom stereocenters. The number of aryl methyl sites for hydroxylation is 1. The van der Waals surface area contributed by atoms with Crippen LogP contribution in [0.1, 0.15) is 17.0 Å². The van der Waals surface area contributed by atoms with Gasteiger partial charge in [-0.1, -0.05) is 18.2 Å². The molecule has 1 aromatic carbocycles. The molecule has 2 heterocycles. The fourth-order valence-electron chi connectivity index (χ4n) is 2.07. The number of fused-ring (bicyclic) bond motifs is 1. The lowest BCUT2D eigenvalue weighted by Gasteiger charge is -2.01. The Labute approximate surface area is 111 Å². The van der Waals surface area contributed by atoms with Crippen molar-refractivity contribution in [3.63, 3.8) is 0 Å². The number of pyridine rings is 1. The van der Waals surface area contributed by atoms with Crippen LogP contribution in [0, 0.1) is 6.92 Å². The van der Waals surface area contributed by atoms with Gasteiger partial charge in [-0.3, -0.25) is 0 Å². The van der Waals surface area contributed by atoms with Gasteiger partial charge in [-0.2, -0.15) is 5.10 Å². The second kappa shape index (κ2) is 4.72.